The van der Waals surface area contributed by atoms with E-state index in [4.69, 9.17) is 10.5 Å². The molecule has 17 heavy (non-hydrogen) atoms. The molecule has 2 rings (SSSR count). The molecule has 4 atom stereocenters. The standard InChI is InChI=1S/C14H28N2O/c1-3-11-4-5-14(15)12(8-11)9-16-7-6-13(10-16)17-2/h11-14H,3-10,15H2,1-2H3. The van der Waals surface area contributed by atoms with Crippen LogP contribution in [0.5, 0.6) is 0 Å². The molecule has 3 nitrogen and oxygen atoms in total. The molecule has 2 fully saturated rings. The van der Waals surface area contributed by atoms with Gasteiger partial charge in [0.2, 0.25) is 0 Å². The number of hydrogen-bond acceptors (Lipinski definition) is 3. The Kier molecular flexibility index (Phi) is 4.83. The minimum Gasteiger partial charge on any atom is -0.380 e. The fourth-order valence-corrected chi connectivity index (χ4v) is 3.45. The van der Waals surface area contributed by atoms with Gasteiger partial charge in [0.15, 0.2) is 0 Å². The normalized spacial score (nSPS) is 39.7. The van der Waals surface area contributed by atoms with Gasteiger partial charge in [-0.3, -0.25) is 0 Å². The van der Waals surface area contributed by atoms with Gasteiger partial charge in [0.05, 0.1) is 6.10 Å². The van der Waals surface area contributed by atoms with Crippen LogP contribution in [0.25, 0.3) is 0 Å². The van der Waals surface area contributed by atoms with Crippen molar-refractivity contribution in [1.82, 2.24) is 4.90 Å². The predicted octanol–water partition coefficient (Wildman–Crippen LogP) is 1.86. The van der Waals surface area contributed by atoms with Crippen molar-refractivity contribution in [3.8, 4) is 0 Å². The smallest absolute Gasteiger partial charge is 0.0710 e. The number of nitrogens with zero attached hydrogens (tertiary/aromatic N) is 1. The van der Waals surface area contributed by atoms with Gasteiger partial charge in [-0.15, -0.1) is 0 Å². The van der Waals surface area contributed by atoms with Gasteiger partial charge in [-0.05, 0) is 37.5 Å². The molecule has 100 valence electrons. The van der Waals surface area contributed by atoms with Crippen LogP contribution in [0.4, 0.5) is 0 Å². The second-order valence-corrected chi connectivity index (χ2v) is 5.92. The Bertz CT molecular complexity index is 234. The summed E-state index contributed by atoms with van der Waals surface area (Å²) in [5.74, 6) is 1.63. The molecular weight excluding hydrogens is 212 g/mol. The summed E-state index contributed by atoms with van der Waals surface area (Å²) in [6.07, 6.45) is 6.88. The van der Waals surface area contributed by atoms with Crippen LogP contribution in [0.1, 0.15) is 39.0 Å². The highest BCUT2D eigenvalue weighted by molar-refractivity contribution is 4.86. The Morgan fingerprint density at radius 2 is 2.12 bits per heavy atom. The van der Waals surface area contributed by atoms with Gasteiger partial charge >= 0.3 is 0 Å². The summed E-state index contributed by atoms with van der Waals surface area (Å²) in [7, 11) is 1.83. The zero-order valence-electron chi connectivity index (χ0n) is 11.4. The monoisotopic (exact) mass is 240 g/mol. The van der Waals surface area contributed by atoms with Gasteiger partial charge < -0.3 is 15.4 Å². The van der Waals surface area contributed by atoms with E-state index in [1.54, 1.807) is 0 Å². The summed E-state index contributed by atoms with van der Waals surface area (Å²) < 4.78 is 5.43. The van der Waals surface area contributed by atoms with E-state index in [2.05, 4.69) is 11.8 Å². The first-order valence-electron chi connectivity index (χ1n) is 7.23. The van der Waals surface area contributed by atoms with Crippen LogP contribution in [0.15, 0.2) is 0 Å². The maximum Gasteiger partial charge on any atom is 0.0710 e. The molecule has 4 unspecified atom stereocenters. The fourth-order valence-electron chi connectivity index (χ4n) is 3.45. The molecule has 2 N–H and O–H groups in total. The fraction of sp³-hybridized carbons (Fsp3) is 1.00. The van der Waals surface area contributed by atoms with Crippen LogP contribution in [-0.2, 0) is 4.74 Å². The van der Waals surface area contributed by atoms with Crippen LogP contribution in [0, 0.1) is 11.8 Å². The molecule has 0 aromatic carbocycles. The molecule has 1 saturated carbocycles. The maximum atomic E-state index is 6.28. The lowest BCUT2D eigenvalue weighted by molar-refractivity contribution is 0.100. The van der Waals surface area contributed by atoms with Crippen molar-refractivity contribution in [3.63, 3.8) is 0 Å². The minimum atomic E-state index is 0.430. The van der Waals surface area contributed by atoms with Crippen molar-refractivity contribution >= 4 is 0 Å². The average molecular weight is 240 g/mol. The molecule has 1 saturated heterocycles. The Morgan fingerprint density at radius 3 is 2.76 bits per heavy atom. The van der Waals surface area contributed by atoms with E-state index in [9.17, 15) is 0 Å². The van der Waals surface area contributed by atoms with Gasteiger partial charge in [0, 0.05) is 32.8 Å². The van der Waals surface area contributed by atoms with E-state index in [1.807, 2.05) is 7.11 Å². The van der Waals surface area contributed by atoms with Crippen molar-refractivity contribution in [3.05, 3.63) is 0 Å². The number of ether oxygens (including phenoxy) is 1. The third kappa shape index (κ3) is 3.43. The number of likely N-dealkylation sites (tertiary alicyclic amines) is 1. The van der Waals surface area contributed by atoms with Crippen LogP contribution in [0.2, 0.25) is 0 Å². The lowest BCUT2D eigenvalue weighted by Crippen LogP contribution is -2.42. The first-order valence-corrected chi connectivity index (χ1v) is 7.23. The summed E-state index contributed by atoms with van der Waals surface area (Å²) in [6, 6.07) is 0.430. The highest BCUT2D eigenvalue weighted by atomic mass is 16.5. The second-order valence-electron chi connectivity index (χ2n) is 5.92. The Hall–Kier alpha value is -0.120. The summed E-state index contributed by atoms with van der Waals surface area (Å²) in [4.78, 5) is 2.55. The Labute approximate surface area is 106 Å². The second kappa shape index (κ2) is 6.17. The molecule has 1 heterocycles. The quantitative estimate of drug-likeness (QED) is 0.815. The van der Waals surface area contributed by atoms with Crippen LogP contribution < -0.4 is 5.73 Å². The van der Waals surface area contributed by atoms with Crippen molar-refractivity contribution < 1.29 is 4.74 Å². The van der Waals surface area contributed by atoms with Gasteiger partial charge in [-0.1, -0.05) is 13.3 Å². The van der Waals surface area contributed by atoms with E-state index in [0.717, 1.165) is 12.5 Å². The van der Waals surface area contributed by atoms with Crippen molar-refractivity contribution in [2.75, 3.05) is 26.7 Å². The molecule has 1 aliphatic carbocycles. The highest BCUT2D eigenvalue weighted by Crippen LogP contribution is 2.31. The lowest BCUT2D eigenvalue weighted by atomic mass is 9.77. The molecule has 0 amide bonds. The van der Waals surface area contributed by atoms with Gasteiger partial charge in [-0.2, -0.15) is 0 Å². The van der Waals surface area contributed by atoms with Crippen molar-refractivity contribution in [2.45, 2.75) is 51.2 Å². The van der Waals surface area contributed by atoms with E-state index < -0.39 is 0 Å². The van der Waals surface area contributed by atoms with E-state index in [0.29, 0.717) is 18.1 Å². The lowest BCUT2D eigenvalue weighted by Gasteiger charge is -2.36. The number of rotatable bonds is 4. The van der Waals surface area contributed by atoms with E-state index >= 15 is 0 Å². The molecule has 0 radical (unpaired) electrons. The summed E-state index contributed by atoms with van der Waals surface area (Å²) in [5, 5.41) is 0. The summed E-state index contributed by atoms with van der Waals surface area (Å²) in [6.45, 7) is 5.81. The average Bonchev–Trinajstić information content (AvgIpc) is 2.80. The molecular formula is C14H28N2O. The largest absolute Gasteiger partial charge is 0.380 e. The molecule has 2 aliphatic rings. The third-order valence-electron chi connectivity index (χ3n) is 4.78. The number of hydrogen-bond donors (Lipinski definition) is 1. The van der Waals surface area contributed by atoms with Crippen molar-refractivity contribution in [2.24, 2.45) is 17.6 Å². The highest BCUT2D eigenvalue weighted by Gasteiger charge is 2.31. The van der Waals surface area contributed by atoms with Gasteiger partial charge in [0.25, 0.3) is 0 Å². The zero-order chi connectivity index (χ0) is 12.3. The van der Waals surface area contributed by atoms with Crippen LogP contribution in [-0.4, -0.2) is 43.8 Å². The van der Waals surface area contributed by atoms with Crippen molar-refractivity contribution in [1.29, 1.82) is 0 Å². The number of methoxy groups -OCH3 is 1. The minimum absolute atomic E-state index is 0.430. The molecule has 0 spiro atoms. The number of nitrogens with two attached hydrogens (primary N) is 1. The predicted molar refractivity (Wildman–Crippen MR) is 71.0 cm³/mol. The van der Waals surface area contributed by atoms with Crippen LogP contribution >= 0.6 is 0 Å². The molecule has 3 heteroatoms. The topological polar surface area (TPSA) is 38.5 Å². The molecule has 0 aromatic rings. The first-order chi connectivity index (χ1) is 8.22. The van der Waals surface area contributed by atoms with E-state index in [-0.39, 0.29) is 0 Å². The summed E-state index contributed by atoms with van der Waals surface area (Å²) >= 11 is 0. The zero-order valence-corrected chi connectivity index (χ0v) is 11.4. The first kappa shape index (κ1) is 13.3. The van der Waals surface area contributed by atoms with Gasteiger partial charge in [-0.25, -0.2) is 0 Å². The Balaban J connectivity index is 1.80. The maximum absolute atomic E-state index is 6.28. The molecule has 1 aliphatic heterocycles. The Morgan fingerprint density at radius 1 is 1.29 bits per heavy atom. The van der Waals surface area contributed by atoms with E-state index in [1.165, 1.54) is 45.2 Å². The summed E-state index contributed by atoms with van der Waals surface area (Å²) in [5.41, 5.74) is 6.28. The SMILES string of the molecule is CCC1CCC(N)C(CN2CCC(OC)C2)C1. The molecule has 0 bridgehead atoms. The molecule has 0 aromatic heterocycles. The van der Waals surface area contributed by atoms with Crippen LogP contribution in [0.3, 0.4) is 0 Å². The van der Waals surface area contributed by atoms with Gasteiger partial charge in [0.1, 0.15) is 0 Å². The third-order valence-corrected chi connectivity index (χ3v) is 4.78.